The number of nitrogens with zero attached hydrogens (tertiary/aromatic N) is 4. The lowest BCUT2D eigenvalue weighted by Crippen LogP contribution is -2.08. The highest BCUT2D eigenvalue weighted by atomic mass is 79.9. The van der Waals surface area contributed by atoms with Crippen molar-refractivity contribution < 1.29 is 17.6 Å². The van der Waals surface area contributed by atoms with Crippen molar-refractivity contribution in [3.63, 3.8) is 0 Å². The standard InChI is InChI=1S/C14H8BrF3N4OS/c15-9-3-1-8(2-4-9)12-22-21-11(23-12)7-24-13-19-6-5-10(20-13)14(16,17)18/h1-6H,7H2. The van der Waals surface area contributed by atoms with E-state index < -0.39 is 11.9 Å². The summed E-state index contributed by atoms with van der Waals surface area (Å²) in [7, 11) is 0. The number of rotatable bonds is 4. The highest BCUT2D eigenvalue weighted by Crippen LogP contribution is 2.29. The fourth-order valence-electron chi connectivity index (χ4n) is 1.72. The van der Waals surface area contributed by atoms with Gasteiger partial charge in [-0.3, -0.25) is 0 Å². The first-order chi connectivity index (χ1) is 11.4. The number of aromatic nitrogens is 4. The quantitative estimate of drug-likeness (QED) is 0.457. The minimum Gasteiger partial charge on any atom is -0.420 e. The molecule has 0 radical (unpaired) electrons. The molecule has 3 aromatic rings. The molecule has 2 heterocycles. The maximum Gasteiger partial charge on any atom is 0.433 e. The van der Waals surface area contributed by atoms with Crippen LogP contribution in [0.3, 0.4) is 0 Å². The molecule has 24 heavy (non-hydrogen) atoms. The molecule has 0 aliphatic rings. The minimum absolute atomic E-state index is 0.00628. The van der Waals surface area contributed by atoms with Crippen molar-refractivity contribution in [2.75, 3.05) is 0 Å². The average Bonchev–Trinajstić information content (AvgIpc) is 3.02. The Morgan fingerprint density at radius 3 is 2.54 bits per heavy atom. The second-order valence-corrected chi connectivity index (χ2v) is 6.38. The highest BCUT2D eigenvalue weighted by molar-refractivity contribution is 9.10. The highest BCUT2D eigenvalue weighted by Gasteiger charge is 2.32. The summed E-state index contributed by atoms with van der Waals surface area (Å²) < 4.78 is 44.2. The zero-order chi connectivity index (χ0) is 17.2. The van der Waals surface area contributed by atoms with Gasteiger partial charge < -0.3 is 4.42 Å². The lowest BCUT2D eigenvalue weighted by molar-refractivity contribution is -0.141. The Bertz CT molecular complexity index is 839. The summed E-state index contributed by atoms with van der Waals surface area (Å²) >= 11 is 4.32. The first-order valence-electron chi connectivity index (χ1n) is 6.53. The first kappa shape index (κ1) is 16.9. The Morgan fingerprint density at radius 1 is 1.08 bits per heavy atom. The van der Waals surface area contributed by atoms with E-state index in [4.69, 9.17) is 4.42 Å². The van der Waals surface area contributed by atoms with Crippen molar-refractivity contribution >= 4 is 27.7 Å². The zero-order valence-corrected chi connectivity index (χ0v) is 14.2. The Labute approximate surface area is 146 Å². The molecule has 1 aromatic carbocycles. The molecule has 2 aromatic heterocycles. The summed E-state index contributed by atoms with van der Waals surface area (Å²) in [6.45, 7) is 0. The van der Waals surface area contributed by atoms with Crippen molar-refractivity contribution in [3.8, 4) is 11.5 Å². The van der Waals surface area contributed by atoms with Crippen LogP contribution in [0.25, 0.3) is 11.5 Å². The van der Waals surface area contributed by atoms with E-state index in [1.54, 1.807) is 0 Å². The van der Waals surface area contributed by atoms with Crippen LogP contribution in [-0.2, 0) is 11.9 Å². The Hall–Kier alpha value is -1.94. The van der Waals surface area contributed by atoms with E-state index in [0.717, 1.165) is 34.1 Å². The van der Waals surface area contributed by atoms with Crippen molar-refractivity contribution in [2.24, 2.45) is 0 Å². The summed E-state index contributed by atoms with van der Waals surface area (Å²) in [4.78, 5) is 7.26. The fourth-order valence-corrected chi connectivity index (χ4v) is 2.65. The van der Waals surface area contributed by atoms with E-state index in [1.807, 2.05) is 24.3 Å². The van der Waals surface area contributed by atoms with Gasteiger partial charge in [0.15, 0.2) is 5.16 Å². The monoisotopic (exact) mass is 416 g/mol. The van der Waals surface area contributed by atoms with E-state index >= 15 is 0 Å². The molecule has 124 valence electrons. The molecule has 0 N–H and O–H groups in total. The van der Waals surface area contributed by atoms with Gasteiger partial charge in [0, 0.05) is 16.2 Å². The van der Waals surface area contributed by atoms with Gasteiger partial charge in [-0.05, 0) is 30.3 Å². The Kier molecular flexibility index (Phi) is 4.86. The number of thioether (sulfide) groups is 1. The van der Waals surface area contributed by atoms with Gasteiger partial charge in [0.05, 0.1) is 5.75 Å². The van der Waals surface area contributed by atoms with Crippen LogP contribution in [0.2, 0.25) is 0 Å². The van der Waals surface area contributed by atoms with Crippen LogP contribution in [0.4, 0.5) is 13.2 Å². The van der Waals surface area contributed by atoms with Gasteiger partial charge in [-0.1, -0.05) is 27.7 Å². The van der Waals surface area contributed by atoms with Crippen molar-refractivity contribution in [1.29, 1.82) is 0 Å². The molecule has 0 spiro atoms. The summed E-state index contributed by atoms with van der Waals surface area (Å²) in [5, 5.41) is 7.79. The van der Waals surface area contributed by atoms with Gasteiger partial charge in [-0.2, -0.15) is 13.2 Å². The molecular weight excluding hydrogens is 409 g/mol. The Balaban J connectivity index is 1.69. The number of hydrogen-bond donors (Lipinski definition) is 0. The normalized spacial score (nSPS) is 11.7. The third-order valence-corrected chi connectivity index (χ3v) is 4.18. The number of alkyl halides is 3. The van der Waals surface area contributed by atoms with E-state index in [2.05, 4.69) is 36.1 Å². The molecule has 0 saturated heterocycles. The Morgan fingerprint density at radius 2 is 1.83 bits per heavy atom. The van der Waals surface area contributed by atoms with Gasteiger partial charge in [-0.25, -0.2) is 9.97 Å². The van der Waals surface area contributed by atoms with Gasteiger partial charge in [-0.15, -0.1) is 10.2 Å². The molecule has 10 heteroatoms. The molecule has 0 bridgehead atoms. The minimum atomic E-state index is -4.50. The summed E-state index contributed by atoms with van der Waals surface area (Å²) in [6.07, 6.45) is -3.43. The smallest absolute Gasteiger partial charge is 0.420 e. The molecule has 0 aliphatic carbocycles. The second-order valence-electron chi connectivity index (χ2n) is 4.52. The van der Waals surface area contributed by atoms with Crippen LogP contribution < -0.4 is 0 Å². The molecule has 0 saturated carbocycles. The van der Waals surface area contributed by atoms with Crippen molar-refractivity contribution in [3.05, 3.63) is 52.6 Å². The topological polar surface area (TPSA) is 64.7 Å². The van der Waals surface area contributed by atoms with Gasteiger partial charge in [0.25, 0.3) is 0 Å². The summed E-state index contributed by atoms with van der Waals surface area (Å²) in [6, 6.07) is 8.12. The van der Waals surface area contributed by atoms with E-state index in [9.17, 15) is 13.2 Å². The maximum absolute atomic E-state index is 12.6. The van der Waals surface area contributed by atoms with Crippen LogP contribution in [0.15, 0.2) is 50.6 Å². The van der Waals surface area contributed by atoms with Gasteiger partial charge >= 0.3 is 6.18 Å². The van der Waals surface area contributed by atoms with Crippen LogP contribution >= 0.6 is 27.7 Å². The molecule has 5 nitrogen and oxygen atoms in total. The third-order valence-electron chi connectivity index (χ3n) is 2.81. The van der Waals surface area contributed by atoms with Gasteiger partial charge in [0.1, 0.15) is 5.69 Å². The second kappa shape index (κ2) is 6.89. The predicted molar refractivity (Wildman–Crippen MR) is 84.0 cm³/mol. The van der Waals surface area contributed by atoms with Crippen molar-refractivity contribution in [2.45, 2.75) is 17.1 Å². The predicted octanol–water partition coefficient (Wildman–Crippen LogP) is 4.60. The van der Waals surface area contributed by atoms with Crippen molar-refractivity contribution in [1.82, 2.24) is 20.2 Å². The van der Waals surface area contributed by atoms with E-state index in [1.165, 1.54) is 0 Å². The maximum atomic E-state index is 12.6. The molecule has 0 fully saturated rings. The number of benzene rings is 1. The molecule has 0 unspecified atom stereocenters. The van der Waals surface area contributed by atoms with Crippen LogP contribution in [0, 0.1) is 0 Å². The lowest BCUT2D eigenvalue weighted by Gasteiger charge is -2.05. The molecular formula is C14H8BrF3N4OS. The van der Waals surface area contributed by atoms with Crippen LogP contribution in [0.5, 0.6) is 0 Å². The van der Waals surface area contributed by atoms with Crippen LogP contribution in [-0.4, -0.2) is 20.2 Å². The number of hydrogen-bond acceptors (Lipinski definition) is 6. The third kappa shape index (κ3) is 4.12. The van der Waals surface area contributed by atoms with Crippen LogP contribution in [0.1, 0.15) is 11.6 Å². The molecule has 0 atom stereocenters. The first-order valence-corrected chi connectivity index (χ1v) is 8.31. The fraction of sp³-hybridized carbons (Fsp3) is 0.143. The average molecular weight is 417 g/mol. The lowest BCUT2D eigenvalue weighted by atomic mass is 10.2. The van der Waals surface area contributed by atoms with E-state index in [0.29, 0.717) is 5.89 Å². The number of halogens is 4. The molecule has 0 amide bonds. The zero-order valence-electron chi connectivity index (χ0n) is 11.8. The summed E-state index contributed by atoms with van der Waals surface area (Å²) in [5.41, 5.74) is -0.238. The SMILES string of the molecule is FC(F)(F)c1ccnc(SCc2nnc(-c3ccc(Br)cc3)o2)n1. The molecule has 0 aliphatic heterocycles. The molecule has 3 rings (SSSR count). The summed E-state index contributed by atoms with van der Waals surface area (Å²) in [5.74, 6) is 0.784. The van der Waals surface area contributed by atoms with E-state index in [-0.39, 0.29) is 16.8 Å². The van der Waals surface area contributed by atoms with Gasteiger partial charge in [0.2, 0.25) is 11.8 Å². The largest absolute Gasteiger partial charge is 0.433 e.